The Morgan fingerprint density at radius 1 is 0.903 bits per heavy atom. The summed E-state index contributed by atoms with van der Waals surface area (Å²) in [6.45, 7) is 5.78. The standard InChI is InChI=1S/C26H20FNO3/c1-14-8-10-17(11-9-14)28-23(18-6-4-5-7-20(18)27)22-24(29)19-12-15(2)16(3)13-21(19)31-25(22)26(28)30/h4-13,23H,1-3H3/t23-/m1/s1. The highest BCUT2D eigenvalue weighted by Crippen LogP contribution is 2.42. The first-order valence-corrected chi connectivity index (χ1v) is 10.1. The summed E-state index contributed by atoms with van der Waals surface area (Å²) in [6.07, 6.45) is 0. The van der Waals surface area contributed by atoms with Crippen LogP contribution in [0.5, 0.6) is 0 Å². The van der Waals surface area contributed by atoms with Crippen molar-refractivity contribution in [3.63, 3.8) is 0 Å². The molecule has 0 aliphatic carbocycles. The molecule has 0 fully saturated rings. The van der Waals surface area contributed by atoms with Gasteiger partial charge in [0.25, 0.3) is 5.91 Å². The lowest BCUT2D eigenvalue weighted by atomic mass is 9.97. The predicted octanol–water partition coefficient (Wildman–Crippen LogP) is 5.61. The van der Waals surface area contributed by atoms with Crippen molar-refractivity contribution in [1.29, 1.82) is 0 Å². The molecule has 154 valence electrons. The van der Waals surface area contributed by atoms with Gasteiger partial charge in [-0.1, -0.05) is 35.9 Å². The molecule has 5 heteroatoms. The fraction of sp³-hybridized carbons (Fsp3) is 0.154. The Kier molecular flexibility index (Phi) is 4.29. The van der Waals surface area contributed by atoms with Gasteiger partial charge < -0.3 is 4.42 Å². The number of anilines is 1. The molecule has 0 spiro atoms. The minimum Gasteiger partial charge on any atom is -0.450 e. The summed E-state index contributed by atoms with van der Waals surface area (Å²) in [5.74, 6) is -0.969. The summed E-state index contributed by atoms with van der Waals surface area (Å²) < 4.78 is 20.9. The van der Waals surface area contributed by atoms with Gasteiger partial charge in [-0.15, -0.1) is 0 Å². The third kappa shape index (κ3) is 2.88. The number of hydrogen-bond acceptors (Lipinski definition) is 3. The van der Waals surface area contributed by atoms with Crippen molar-refractivity contribution >= 4 is 22.6 Å². The molecule has 0 saturated heterocycles. The second-order valence-electron chi connectivity index (χ2n) is 8.04. The predicted molar refractivity (Wildman–Crippen MR) is 118 cm³/mol. The first kappa shape index (κ1) is 19.2. The molecule has 1 aliphatic rings. The van der Waals surface area contributed by atoms with Crippen LogP contribution in [-0.4, -0.2) is 5.91 Å². The molecular weight excluding hydrogens is 393 g/mol. The Labute approximate surface area is 178 Å². The molecule has 1 aromatic heterocycles. The Morgan fingerprint density at radius 2 is 1.58 bits per heavy atom. The first-order chi connectivity index (χ1) is 14.9. The van der Waals surface area contributed by atoms with Crippen LogP contribution < -0.4 is 10.3 Å². The van der Waals surface area contributed by atoms with Gasteiger partial charge in [0.2, 0.25) is 5.76 Å². The number of carbonyl (C=O) groups is 1. The van der Waals surface area contributed by atoms with Crippen molar-refractivity contribution in [2.75, 3.05) is 4.90 Å². The van der Waals surface area contributed by atoms with Crippen molar-refractivity contribution in [2.24, 2.45) is 0 Å². The maximum Gasteiger partial charge on any atom is 0.295 e. The fourth-order valence-electron chi connectivity index (χ4n) is 4.19. The highest BCUT2D eigenvalue weighted by molar-refractivity contribution is 6.10. The van der Waals surface area contributed by atoms with Gasteiger partial charge in [0.15, 0.2) is 5.43 Å². The molecular formula is C26H20FNO3. The number of hydrogen-bond donors (Lipinski definition) is 0. The molecule has 0 radical (unpaired) electrons. The molecule has 0 unspecified atom stereocenters. The topological polar surface area (TPSA) is 50.5 Å². The lowest BCUT2D eigenvalue weighted by Gasteiger charge is -2.25. The quantitative estimate of drug-likeness (QED) is 0.429. The van der Waals surface area contributed by atoms with Gasteiger partial charge >= 0.3 is 0 Å². The molecule has 1 amide bonds. The number of benzene rings is 3. The molecule has 31 heavy (non-hydrogen) atoms. The van der Waals surface area contributed by atoms with Crippen LogP contribution in [0, 0.1) is 26.6 Å². The van der Waals surface area contributed by atoms with Gasteiger partial charge in [0.05, 0.1) is 17.0 Å². The Balaban J connectivity index is 1.85. The van der Waals surface area contributed by atoms with Crippen molar-refractivity contribution < 1.29 is 13.6 Å². The van der Waals surface area contributed by atoms with E-state index in [1.54, 1.807) is 42.5 Å². The van der Waals surface area contributed by atoms with E-state index in [9.17, 15) is 14.0 Å². The van der Waals surface area contributed by atoms with E-state index in [1.165, 1.54) is 11.0 Å². The van der Waals surface area contributed by atoms with Crippen molar-refractivity contribution in [3.8, 4) is 0 Å². The highest BCUT2D eigenvalue weighted by Gasteiger charge is 2.44. The van der Waals surface area contributed by atoms with Crippen LogP contribution in [0.25, 0.3) is 11.0 Å². The second-order valence-corrected chi connectivity index (χ2v) is 8.04. The van der Waals surface area contributed by atoms with Gasteiger partial charge in [-0.05, 0) is 62.2 Å². The van der Waals surface area contributed by atoms with E-state index in [0.29, 0.717) is 16.7 Å². The average molecular weight is 413 g/mol. The second kappa shape index (κ2) is 6.91. The average Bonchev–Trinajstić information content (AvgIpc) is 3.03. The van der Waals surface area contributed by atoms with Crippen LogP contribution in [0.2, 0.25) is 0 Å². The molecule has 2 heterocycles. The van der Waals surface area contributed by atoms with Crippen LogP contribution in [0.4, 0.5) is 10.1 Å². The Morgan fingerprint density at radius 3 is 2.29 bits per heavy atom. The zero-order chi connectivity index (χ0) is 21.9. The van der Waals surface area contributed by atoms with E-state index >= 15 is 0 Å². The van der Waals surface area contributed by atoms with Crippen LogP contribution in [-0.2, 0) is 0 Å². The van der Waals surface area contributed by atoms with Crippen LogP contribution in [0.1, 0.15) is 44.4 Å². The molecule has 0 bridgehead atoms. The summed E-state index contributed by atoms with van der Waals surface area (Å²) in [5.41, 5.74) is 3.99. The van der Waals surface area contributed by atoms with E-state index in [-0.39, 0.29) is 22.3 Å². The van der Waals surface area contributed by atoms with E-state index in [2.05, 4.69) is 0 Å². The van der Waals surface area contributed by atoms with Crippen molar-refractivity contribution in [3.05, 3.63) is 110 Å². The summed E-state index contributed by atoms with van der Waals surface area (Å²) in [5, 5.41) is 0.391. The van der Waals surface area contributed by atoms with E-state index in [4.69, 9.17) is 4.42 Å². The number of halogens is 1. The van der Waals surface area contributed by atoms with E-state index in [0.717, 1.165) is 16.7 Å². The number of rotatable bonds is 2. The minimum atomic E-state index is -0.909. The largest absolute Gasteiger partial charge is 0.450 e. The Bertz CT molecular complexity index is 1420. The summed E-state index contributed by atoms with van der Waals surface area (Å²) in [7, 11) is 0. The van der Waals surface area contributed by atoms with Crippen LogP contribution in [0.15, 0.2) is 69.9 Å². The zero-order valence-electron chi connectivity index (χ0n) is 17.4. The van der Waals surface area contributed by atoms with Gasteiger partial charge in [0, 0.05) is 11.3 Å². The number of nitrogens with zero attached hydrogens (tertiary/aromatic N) is 1. The number of aryl methyl sites for hydroxylation is 3. The number of fused-ring (bicyclic) bond motifs is 2. The maximum atomic E-state index is 14.9. The molecule has 4 nitrogen and oxygen atoms in total. The molecule has 0 N–H and O–H groups in total. The maximum absolute atomic E-state index is 14.9. The summed E-state index contributed by atoms with van der Waals surface area (Å²) >= 11 is 0. The summed E-state index contributed by atoms with van der Waals surface area (Å²) in [4.78, 5) is 28.5. The first-order valence-electron chi connectivity index (χ1n) is 10.1. The third-order valence-corrected chi connectivity index (χ3v) is 6.00. The van der Waals surface area contributed by atoms with Gasteiger partial charge in [0.1, 0.15) is 11.4 Å². The van der Waals surface area contributed by atoms with Gasteiger partial charge in [-0.3, -0.25) is 14.5 Å². The fourth-order valence-corrected chi connectivity index (χ4v) is 4.19. The van der Waals surface area contributed by atoms with E-state index in [1.807, 2.05) is 32.9 Å². The smallest absolute Gasteiger partial charge is 0.295 e. The normalized spacial score (nSPS) is 15.5. The van der Waals surface area contributed by atoms with Crippen molar-refractivity contribution in [2.45, 2.75) is 26.8 Å². The molecule has 1 aliphatic heterocycles. The minimum absolute atomic E-state index is 0.0328. The molecule has 0 saturated carbocycles. The number of carbonyl (C=O) groups excluding carboxylic acids is 1. The Hall–Kier alpha value is -3.73. The molecule has 3 aromatic carbocycles. The summed E-state index contributed by atoms with van der Waals surface area (Å²) in [6, 6.07) is 16.2. The van der Waals surface area contributed by atoms with Gasteiger partial charge in [-0.25, -0.2) is 4.39 Å². The zero-order valence-corrected chi connectivity index (χ0v) is 17.4. The molecule has 4 aromatic rings. The lowest BCUT2D eigenvalue weighted by Crippen LogP contribution is -2.30. The molecule has 1 atom stereocenters. The number of amides is 1. The van der Waals surface area contributed by atoms with Gasteiger partial charge in [-0.2, -0.15) is 0 Å². The molecule has 5 rings (SSSR count). The van der Waals surface area contributed by atoms with Crippen molar-refractivity contribution in [1.82, 2.24) is 0 Å². The monoisotopic (exact) mass is 413 g/mol. The lowest BCUT2D eigenvalue weighted by molar-refractivity contribution is 0.0971. The van der Waals surface area contributed by atoms with Crippen LogP contribution >= 0.6 is 0 Å². The third-order valence-electron chi connectivity index (χ3n) is 6.00. The highest BCUT2D eigenvalue weighted by atomic mass is 19.1. The van der Waals surface area contributed by atoms with E-state index < -0.39 is 17.8 Å². The van der Waals surface area contributed by atoms with Crippen LogP contribution in [0.3, 0.4) is 0 Å². The SMILES string of the molecule is Cc1ccc(N2C(=O)c3oc4cc(C)c(C)cc4c(=O)c3[C@H]2c2ccccc2F)cc1.